The molecular weight excluding hydrogens is 559 g/mol. The number of aromatic nitrogens is 1. The number of carbonyl (C=O) groups excluding carboxylic acids is 2. The molecular formula is C35H27N3O2S2. The molecule has 3 aromatic heterocycles. The second-order valence-electron chi connectivity index (χ2n) is 10.1. The first-order chi connectivity index (χ1) is 20.6. The highest BCUT2D eigenvalue weighted by Crippen LogP contribution is 2.44. The van der Waals surface area contributed by atoms with Gasteiger partial charge in [0, 0.05) is 61.0 Å². The molecule has 0 unspecified atom stereocenters. The predicted octanol–water partition coefficient (Wildman–Crippen LogP) is 9.01. The fourth-order valence-corrected chi connectivity index (χ4v) is 7.84. The van der Waals surface area contributed by atoms with Crippen LogP contribution in [0.4, 0.5) is 11.4 Å². The number of imide groups is 1. The van der Waals surface area contributed by atoms with Crippen LogP contribution in [0, 0.1) is 0 Å². The van der Waals surface area contributed by atoms with Gasteiger partial charge >= 0.3 is 0 Å². The van der Waals surface area contributed by atoms with E-state index < -0.39 is 0 Å². The molecule has 0 bridgehead atoms. The van der Waals surface area contributed by atoms with Crippen LogP contribution >= 0.6 is 22.7 Å². The van der Waals surface area contributed by atoms with Gasteiger partial charge < -0.3 is 4.90 Å². The third-order valence-corrected chi connectivity index (χ3v) is 10.3. The number of thiophene rings is 2. The highest BCUT2D eigenvalue weighted by atomic mass is 32.1. The molecule has 3 aromatic carbocycles. The number of pyridine rings is 1. The summed E-state index contributed by atoms with van der Waals surface area (Å²) in [7, 11) is 0. The van der Waals surface area contributed by atoms with E-state index in [0.717, 1.165) is 28.9 Å². The molecule has 0 fully saturated rings. The van der Waals surface area contributed by atoms with Gasteiger partial charge in [-0.2, -0.15) is 0 Å². The number of hydrogen-bond donors (Lipinski definition) is 0. The minimum absolute atomic E-state index is 0.327. The summed E-state index contributed by atoms with van der Waals surface area (Å²) in [6.07, 6.45) is 3.17. The number of benzene rings is 3. The van der Waals surface area contributed by atoms with E-state index in [1.165, 1.54) is 30.8 Å². The Morgan fingerprint density at radius 3 is 2.00 bits per heavy atom. The lowest BCUT2D eigenvalue weighted by atomic mass is 9.90. The molecule has 7 heteroatoms. The zero-order valence-corrected chi connectivity index (χ0v) is 24.8. The van der Waals surface area contributed by atoms with E-state index in [9.17, 15) is 9.59 Å². The van der Waals surface area contributed by atoms with Crippen molar-refractivity contribution in [3.63, 3.8) is 0 Å². The van der Waals surface area contributed by atoms with Crippen molar-refractivity contribution in [3.05, 3.63) is 115 Å². The van der Waals surface area contributed by atoms with Crippen molar-refractivity contribution in [1.82, 2.24) is 4.98 Å². The first-order valence-corrected chi connectivity index (χ1v) is 15.6. The van der Waals surface area contributed by atoms with Crippen LogP contribution in [0.1, 0.15) is 34.6 Å². The van der Waals surface area contributed by atoms with Crippen molar-refractivity contribution < 1.29 is 9.59 Å². The molecule has 206 valence electrons. The topological polar surface area (TPSA) is 53.5 Å². The lowest BCUT2D eigenvalue weighted by molar-refractivity contribution is 0.0893. The smallest absolute Gasteiger partial charge is 0.266 e. The second-order valence-corrected chi connectivity index (χ2v) is 12.3. The van der Waals surface area contributed by atoms with Gasteiger partial charge in [0.2, 0.25) is 0 Å². The summed E-state index contributed by atoms with van der Waals surface area (Å²) in [6, 6.07) is 30.5. The molecule has 0 radical (unpaired) electrons. The second kappa shape index (κ2) is 10.7. The summed E-state index contributed by atoms with van der Waals surface area (Å²) in [5.74, 6) is -0.655. The molecule has 6 aromatic rings. The minimum Gasteiger partial charge on any atom is -0.372 e. The fourth-order valence-electron chi connectivity index (χ4n) is 5.70. The summed E-state index contributed by atoms with van der Waals surface area (Å²) in [5.41, 5.74) is 5.01. The van der Waals surface area contributed by atoms with Crippen LogP contribution in [0.15, 0.2) is 103 Å². The Kier molecular flexibility index (Phi) is 6.69. The lowest BCUT2D eigenvalue weighted by Crippen LogP contribution is -2.40. The van der Waals surface area contributed by atoms with Gasteiger partial charge in [-0.05, 0) is 91.0 Å². The van der Waals surface area contributed by atoms with Crippen LogP contribution in [0.3, 0.4) is 0 Å². The Morgan fingerprint density at radius 1 is 0.667 bits per heavy atom. The normalized spacial score (nSPS) is 12.8. The third kappa shape index (κ3) is 4.33. The average molecular weight is 586 g/mol. The summed E-state index contributed by atoms with van der Waals surface area (Å²) >= 11 is 3.52. The van der Waals surface area contributed by atoms with Gasteiger partial charge in [-0.3, -0.25) is 14.6 Å². The van der Waals surface area contributed by atoms with Crippen molar-refractivity contribution in [3.8, 4) is 30.6 Å². The molecule has 0 aliphatic carbocycles. The van der Waals surface area contributed by atoms with Crippen LogP contribution in [-0.2, 0) is 0 Å². The maximum Gasteiger partial charge on any atom is 0.266 e. The molecule has 1 aliphatic heterocycles. The van der Waals surface area contributed by atoms with Crippen LogP contribution in [0.25, 0.3) is 41.4 Å². The third-order valence-electron chi connectivity index (χ3n) is 7.81. The Bertz CT molecular complexity index is 1930. The average Bonchev–Trinajstić information content (AvgIpc) is 3.72. The molecule has 5 nitrogen and oxygen atoms in total. The van der Waals surface area contributed by atoms with Crippen molar-refractivity contribution in [1.29, 1.82) is 0 Å². The standard InChI is InChI=1S/C35H27N3O2S2/c1-3-37(4-2)23-12-10-22(11-13-23)29-16-18-31(41-29)32-19-17-30(42-32)25-14-15-28-33-26(25)8-5-9-27(33)34(39)38(35(28)40)24-7-6-20-36-21-24/h5-21H,3-4H2,1-2H3. The SMILES string of the molecule is CCN(CC)c1ccc(-c2ccc(-c3ccc(-c4ccc5c6c(cccc46)C(=O)N(c4cccnc4)C5=O)s3)s2)cc1. The molecule has 0 N–H and O–H groups in total. The Labute approximate surface area is 252 Å². The van der Waals surface area contributed by atoms with Gasteiger partial charge in [0.1, 0.15) is 0 Å². The van der Waals surface area contributed by atoms with Crippen LogP contribution in [-0.4, -0.2) is 29.9 Å². The maximum atomic E-state index is 13.5. The Hall–Kier alpha value is -4.59. The summed E-state index contributed by atoms with van der Waals surface area (Å²) in [6.45, 7) is 6.35. The molecule has 0 saturated carbocycles. The van der Waals surface area contributed by atoms with Crippen molar-refractivity contribution in [2.75, 3.05) is 22.9 Å². The maximum absolute atomic E-state index is 13.5. The molecule has 0 spiro atoms. The van der Waals surface area contributed by atoms with Crippen molar-refractivity contribution >= 4 is 56.6 Å². The van der Waals surface area contributed by atoms with E-state index in [1.54, 1.807) is 53.3 Å². The van der Waals surface area contributed by atoms with Gasteiger partial charge in [-0.1, -0.05) is 30.3 Å². The van der Waals surface area contributed by atoms with Gasteiger partial charge in [0.05, 0.1) is 11.9 Å². The predicted molar refractivity (Wildman–Crippen MR) is 175 cm³/mol. The van der Waals surface area contributed by atoms with Gasteiger partial charge in [-0.15, -0.1) is 22.7 Å². The van der Waals surface area contributed by atoms with Gasteiger partial charge in [0.25, 0.3) is 11.8 Å². The van der Waals surface area contributed by atoms with E-state index in [4.69, 9.17) is 0 Å². The fraction of sp³-hybridized carbons (Fsp3) is 0.114. The van der Waals surface area contributed by atoms with E-state index in [2.05, 4.69) is 72.3 Å². The molecule has 4 heterocycles. The number of rotatable bonds is 7. The quantitative estimate of drug-likeness (QED) is 0.176. The van der Waals surface area contributed by atoms with E-state index in [1.807, 2.05) is 24.3 Å². The number of anilines is 2. The molecule has 0 saturated heterocycles. The van der Waals surface area contributed by atoms with Crippen LogP contribution in [0.5, 0.6) is 0 Å². The number of amides is 2. The largest absolute Gasteiger partial charge is 0.372 e. The first-order valence-electron chi connectivity index (χ1n) is 14.0. The number of hydrogen-bond acceptors (Lipinski definition) is 6. The molecule has 42 heavy (non-hydrogen) atoms. The highest BCUT2D eigenvalue weighted by molar-refractivity contribution is 7.25. The molecule has 2 amide bonds. The molecule has 0 atom stereocenters. The van der Waals surface area contributed by atoms with Crippen molar-refractivity contribution in [2.45, 2.75) is 13.8 Å². The number of carbonyl (C=O) groups is 2. The van der Waals surface area contributed by atoms with Gasteiger partial charge in [-0.25, -0.2) is 4.90 Å². The van der Waals surface area contributed by atoms with E-state index >= 15 is 0 Å². The van der Waals surface area contributed by atoms with Crippen molar-refractivity contribution in [2.24, 2.45) is 0 Å². The van der Waals surface area contributed by atoms with Crippen LogP contribution < -0.4 is 9.80 Å². The summed E-state index contributed by atoms with van der Waals surface area (Å²) in [4.78, 5) is 39.5. The minimum atomic E-state index is -0.327. The molecule has 1 aliphatic rings. The number of nitrogens with zero attached hydrogens (tertiary/aromatic N) is 3. The van der Waals surface area contributed by atoms with Crippen LogP contribution in [0.2, 0.25) is 0 Å². The van der Waals surface area contributed by atoms with E-state index in [-0.39, 0.29) is 11.8 Å². The summed E-state index contributed by atoms with van der Waals surface area (Å²) < 4.78 is 0. The Balaban J connectivity index is 1.22. The first kappa shape index (κ1) is 26.3. The zero-order chi connectivity index (χ0) is 28.8. The Morgan fingerprint density at radius 2 is 1.31 bits per heavy atom. The summed E-state index contributed by atoms with van der Waals surface area (Å²) in [5, 5.41) is 1.62. The zero-order valence-electron chi connectivity index (χ0n) is 23.2. The lowest BCUT2D eigenvalue weighted by Gasteiger charge is -2.27. The van der Waals surface area contributed by atoms with Gasteiger partial charge in [0.15, 0.2) is 0 Å². The van der Waals surface area contributed by atoms with E-state index in [0.29, 0.717) is 22.2 Å². The highest BCUT2D eigenvalue weighted by Gasteiger charge is 2.34. The molecule has 7 rings (SSSR count). The monoisotopic (exact) mass is 585 g/mol.